The molecule has 0 aromatic heterocycles. The van der Waals surface area contributed by atoms with Gasteiger partial charge in [0.1, 0.15) is 11.5 Å². The van der Waals surface area contributed by atoms with Crippen molar-refractivity contribution in [1.82, 2.24) is 0 Å². The molecule has 0 saturated carbocycles. The number of benzene rings is 1. The lowest BCUT2D eigenvalue weighted by atomic mass is 9.85. The summed E-state index contributed by atoms with van der Waals surface area (Å²) in [5, 5.41) is 0. The van der Waals surface area contributed by atoms with Crippen molar-refractivity contribution in [3.8, 4) is 0 Å². The minimum absolute atomic E-state index is 0.0558. The number of rotatable bonds is 3. The Morgan fingerprint density at radius 3 is 2.57 bits per heavy atom. The van der Waals surface area contributed by atoms with E-state index in [1.54, 1.807) is 0 Å². The van der Waals surface area contributed by atoms with Crippen LogP contribution in [0.15, 0.2) is 30.3 Å². The molecule has 0 spiro atoms. The van der Waals surface area contributed by atoms with Gasteiger partial charge in [-0.3, -0.25) is 0 Å². The zero-order valence-electron chi connectivity index (χ0n) is 12.9. The Balaban J connectivity index is 1.71. The minimum Gasteiger partial charge on any atom is -0.359 e. The maximum Gasteiger partial charge on any atom is 0.184 e. The largest absolute Gasteiger partial charge is 0.359 e. The van der Waals surface area contributed by atoms with Crippen LogP contribution in [0.2, 0.25) is 0 Å². The Bertz CT molecular complexity index is 451. The second kappa shape index (κ2) is 6.69. The van der Waals surface area contributed by atoms with E-state index in [-0.39, 0.29) is 23.9 Å². The lowest BCUT2D eigenvalue weighted by Crippen LogP contribution is -2.54. The van der Waals surface area contributed by atoms with E-state index in [9.17, 15) is 0 Å². The van der Waals surface area contributed by atoms with E-state index >= 15 is 0 Å². The van der Waals surface area contributed by atoms with Crippen molar-refractivity contribution in [3.63, 3.8) is 0 Å². The van der Waals surface area contributed by atoms with Crippen molar-refractivity contribution in [2.45, 2.75) is 44.7 Å². The molecule has 1 aromatic rings. The van der Waals surface area contributed by atoms with Crippen LogP contribution in [-0.4, -0.2) is 30.0 Å². The summed E-state index contributed by atoms with van der Waals surface area (Å²) in [6, 6.07) is 10.2. The molecule has 0 N–H and O–H groups in total. The Hall–Kier alpha value is -0.550. The second-order valence-corrected chi connectivity index (χ2v) is 7.27. The SMILES string of the molecule is CCSC1OC2COC(c3ccccc3)OC2C(C)C1C. The third kappa shape index (κ3) is 3.14. The van der Waals surface area contributed by atoms with Crippen LogP contribution in [0.1, 0.15) is 32.6 Å². The minimum atomic E-state index is -0.263. The summed E-state index contributed by atoms with van der Waals surface area (Å²) in [7, 11) is 0. The molecule has 116 valence electrons. The number of ether oxygens (including phenoxy) is 3. The molecular formula is C17H24O3S. The van der Waals surface area contributed by atoms with Crippen LogP contribution in [0.25, 0.3) is 0 Å². The van der Waals surface area contributed by atoms with Gasteiger partial charge in [-0.25, -0.2) is 0 Å². The highest BCUT2D eigenvalue weighted by Gasteiger charge is 2.46. The fourth-order valence-electron chi connectivity index (χ4n) is 3.11. The molecule has 2 aliphatic rings. The van der Waals surface area contributed by atoms with Crippen molar-refractivity contribution in [1.29, 1.82) is 0 Å². The van der Waals surface area contributed by atoms with Gasteiger partial charge in [0.05, 0.1) is 12.7 Å². The Morgan fingerprint density at radius 2 is 1.86 bits per heavy atom. The predicted molar refractivity (Wildman–Crippen MR) is 85.1 cm³/mol. The number of thioether (sulfide) groups is 1. The Kier molecular flexibility index (Phi) is 4.89. The van der Waals surface area contributed by atoms with Crippen molar-refractivity contribution in [2.24, 2.45) is 11.8 Å². The summed E-state index contributed by atoms with van der Waals surface area (Å²) in [4.78, 5) is 0. The lowest BCUT2D eigenvalue weighted by Gasteiger charge is -2.48. The number of hydrogen-bond acceptors (Lipinski definition) is 4. The number of hydrogen-bond donors (Lipinski definition) is 0. The average molecular weight is 308 g/mol. The average Bonchev–Trinajstić information content (AvgIpc) is 2.53. The van der Waals surface area contributed by atoms with Crippen LogP contribution in [-0.2, 0) is 14.2 Å². The lowest BCUT2D eigenvalue weighted by molar-refractivity contribution is -0.300. The summed E-state index contributed by atoms with van der Waals surface area (Å²) in [6.07, 6.45) is -0.0889. The van der Waals surface area contributed by atoms with Crippen molar-refractivity contribution < 1.29 is 14.2 Å². The fraction of sp³-hybridized carbons (Fsp3) is 0.647. The molecule has 2 saturated heterocycles. The Labute approximate surface area is 131 Å². The third-order valence-corrected chi connectivity index (χ3v) is 5.75. The van der Waals surface area contributed by atoms with Gasteiger partial charge in [0.25, 0.3) is 0 Å². The van der Waals surface area contributed by atoms with Gasteiger partial charge in [-0.15, -0.1) is 11.8 Å². The summed E-state index contributed by atoms with van der Waals surface area (Å²) >= 11 is 1.88. The molecule has 0 radical (unpaired) electrons. The van der Waals surface area contributed by atoms with Crippen molar-refractivity contribution in [3.05, 3.63) is 35.9 Å². The Morgan fingerprint density at radius 1 is 1.10 bits per heavy atom. The van der Waals surface area contributed by atoms with Crippen molar-refractivity contribution >= 4 is 11.8 Å². The van der Waals surface area contributed by atoms with Gasteiger partial charge in [0, 0.05) is 5.56 Å². The van der Waals surface area contributed by atoms with Crippen LogP contribution in [0, 0.1) is 11.8 Å². The molecule has 0 amide bonds. The van der Waals surface area contributed by atoms with E-state index in [1.807, 2.05) is 30.0 Å². The summed E-state index contributed by atoms with van der Waals surface area (Å²) < 4.78 is 18.3. The topological polar surface area (TPSA) is 27.7 Å². The summed E-state index contributed by atoms with van der Waals surface area (Å²) in [6.45, 7) is 7.34. The maximum absolute atomic E-state index is 6.23. The van der Waals surface area contributed by atoms with Crippen LogP contribution in [0.3, 0.4) is 0 Å². The second-order valence-electron chi connectivity index (χ2n) is 5.89. The normalized spacial score (nSPS) is 39.8. The van der Waals surface area contributed by atoms with Gasteiger partial charge >= 0.3 is 0 Å². The fourth-order valence-corrected chi connectivity index (χ4v) is 4.21. The molecule has 2 heterocycles. The quantitative estimate of drug-likeness (QED) is 0.847. The molecule has 0 bridgehead atoms. The predicted octanol–water partition coefficient (Wildman–Crippen LogP) is 3.85. The zero-order valence-corrected chi connectivity index (χ0v) is 13.7. The molecule has 1 aromatic carbocycles. The van der Waals surface area contributed by atoms with E-state index in [0.29, 0.717) is 18.4 Å². The highest BCUT2D eigenvalue weighted by atomic mass is 32.2. The van der Waals surface area contributed by atoms with Gasteiger partial charge in [-0.1, -0.05) is 51.1 Å². The van der Waals surface area contributed by atoms with E-state index in [4.69, 9.17) is 14.2 Å². The van der Waals surface area contributed by atoms with Gasteiger partial charge in [0.15, 0.2) is 6.29 Å². The first-order chi connectivity index (χ1) is 10.2. The van der Waals surface area contributed by atoms with E-state index in [0.717, 1.165) is 11.3 Å². The van der Waals surface area contributed by atoms with Crippen LogP contribution >= 0.6 is 11.8 Å². The first kappa shape index (κ1) is 15.3. The third-order valence-electron chi connectivity index (χ3n) is 4.55. The summed E-state index contributed by atoms with van der Waals surface area (Å²) in [5.41, 5.74) is 1.34. The molecule has 2 aliphatic heterocycles. The zero-order chi connectivity index (χ0) is 14.8. The number of fused-ring (bicyclic) bond motifs is 1. The van der Waals surface area contributed by atoms with Gasteiger partial charge < -0.3 is 14.2 Å². The molecule has 6 atom stereocenters. The van der Waals surface area contributed by atoms with Crippen LogP contribution in [0.4, 0.5) is 0 Å². The highest BCUT2D eigenvalue weighted by Crippen LogP contribution is 2.41. The standard InChI is InChI=1S/C17H24O3S/c1-4-21-17-12(3)11(2)15-14(19-17)10-18-16(20-15)13-8-6-5-7-9-13/h5-9,11-12,14-17H,4,10H2,1-3H3. The molecule has 3 rings (SSSR count). The van der Waals surface area contributed by atoms with Crippen LogP contribution < -0.4 is 0 Å². The van der Waals surface area contributed by atoms with Gasteiger partial charge in [-0.05, 0) is 17.6 Å². The van der Waals surface area contributed by atoms with Gasteiger partial charge in [-0.2, -0.15) is 0 Å². The molecule has 4 heteroatoms. The molecule has 6 unspecified atom stereocenters. The van der Waals surface area contributed by atoms with Gasteiger partial charge in [0.2, 0.25) is 0 Å². The maximum atomic E-state index is 6.23. The monoisotopic (exact) mass is 308 g/mol. The first-order valence-electron chi connectivity index (χ1n) is 7.79. The molecular weight excluding hydrogens is 284 g/mol. The molecule has 0 aliphatic carbocycles. The first-order valence-corrected chi connectivity index (χ1v) is 8.84. The van der Waals surface area contributed by atoms with Crippen molar-refractivity contribution in [2.75, 3.05) is 12.4 Å². The molecule has 2 fully saturated rings. The van der Waals surface area contributed by atoms with E-state index < -0.39 is 0 Å². The molecule has 3 nitrogen and oxygen atoms in total. The molecule has 21 heavy (non-hydrogen) atoms. The van der Waals surface area contributed by atoms with E-state index in [1.165, 1.54) is 0 Å². The summed E-state index contributed by atoms with van der Waals surface area (Å²) in [5.74, 6) is 2.04. The van der Waals surface area contributed by atoms with Crippen LogP contribution in [0.5, 0.6) is 0 Å². The van der Waals surface area contributed by atoms with E-state index in [2.05, 4.69) is 32.9 Å². The highest BCUT2D eigenvalue weighted by molar-refractivity contribution is 7.99. The smallest absolute Gasteiger partial charge is 0.184 e.